The molecule has 0 spiro atoms. The summed E-state index contributed by atoms with van der Waals surface area (Å²) in [7, 11) is 0. The number of halogens is 1. The maximum Gasteiger partial charge on any atom is 0.146 e. The molecule has 1 aromatic carbocycles. The highest BCUT2D eigenvalue weighted by Gasteiger charge is 2.08. The lowest BCUT2D eigenvalue weighted by Crippen LogP contribution is -2.11. The molecule has 0 bridgehead atoms. The first-order valence-electron chi connectivity index (χ1n) is 6.78. The molecule has 4 heteroatoms. The van der Waals surface area contributed by atoms with Crippen molar-refractivity contribution in [1.29, 1.82) is 0 Å². The van der Waals surface area contributed by atoms with Gasteiger partial charge in [-0.05, 0) is 55.8 Å². The lowest BCUT2D eigenvalue weighted by molar-refractivity contribution is 0.263. The predicted molar refractivity (Wildman–Crippen MR) is 76.3 cm³/mol. The van der Waals surface area contributed by atoms with Gasteiger partial charge < -0.3 is 14.5 Å². The summed E-state index contributed by atoms with van der Waals surface area (Å²) in [6.07, 6.45) is 0. The Balaban J connectivity index is 2.00. The fraction of sp³-hybridized carbons (Fsp3) is 0.375. The van der Waals surface area contributed by atoms with Crippen LogP contribution in [0, 0.1) is 19.7 Å². The van der Waals surface area contributed by atoms with Crippen LogP contribution in [0.3, 0.4) is 0 Å². The Labute approximate surface area is 118 Å². The number of rotatable bonds is 6. The van der Waals surface area contributed by atoms with E-state index < -0.39 is 0 Å². The van der Waals surface area contributed by atoms with Gasteiger partial charge in [-0.3, -0.25) is 0 Å². The molecule has 1 N–H and O–H groups in total. The van der Waals surface area contributed by atoms with E-state index in [1.165, 1.54) is 12.1 Å². The van der Waals surface area contributed by atoms with Crippen LogP contribution in [0.2, 0.25) is 0 Å². The normalized spacial score (nSPS) is 10.8. The van der Waals surface area contributed by atoms with E-state index in [4.69, 9.17) is 9.15 Å². The van der Waals surface area contributed by atoms with Gasteiger partial charge in [-0.2, -0.15) is 0 Å². The first-order chi connectivity index (χ1) is 9.60. The molecule has 0 unspecified atom stereocenters. The van der Waals surface area contributed by atoms with E-state index in [1.54, 1.807) is 6.07 Å². The molecule has 2 rings (SSSR count). The van der Waals surface area contributed by atoms with Crippen molar-refractivity contribution in [2.75, 3.05) is 6.54 Å². The summed E-state index contributed by atoms with van der Waals surface area (Å²) in [6, 6.07) is 6.47. The number of ether oxygens (including phenoxy) is 1. The molecule has 0 aliphatic rings. The monoisotopic (exact) mass is 277 g/mol. The Bertz CT molecular complexity index is 578. The Morgan fingerprint density at radius 3 is 2.70 bits per heavy atom. The summed E-state index contributed by atoms with van der Waals surface area (Å²) in [5, 5.41) is 3.23. The molecule has 1 aromatic heterocycles. The first kappa shape index (κ1) is 14.6. The molecule has 0 saturated heterocycles. The van der Waals surface area contributed by atoms with Crippen LogP contribution in [0.25, 0.3) is 0 Å². The number of hydrogen-bond donors (Lipinski definition) is 1. The minimum absolute atomic E-state index is 0.253. The van der Waals surface area contributed by atoms with Gasteiger partial charge in [0.25, 0.3) is 0 Å². The molecule has 0 atom stereocenters. The van der Waals surface area contributed by atoms with Gasteiger partial charge in [0.05, 0.1) is 6.54 Å². The van der Waals surface area contributed by atoms with Crippen molar-refractivity contribution < 1.29 is 13.5 Å². The molecule has 2 aromatic rings. The lowest BCUT2D eigenvalue weighted by atomic mass is 10.2. The van der Waals surface area contributed by atoms with Gasteiger partial charge in [-0.25, -0.2) is 4.39 Å². The molecule has 0 amide bonds. The Morgan fingerprint density at radius 1 is 1.20 bits per heavy atom. The van der Waals surface area contributed by atoms with Crippen molar-refractivity contribution in [3.8, 4) is 5.75 Å². The van der Waals surface area contributed by atoms with E-state index in [9.17, 15) is 4.39 Å². The highest BCUT2D eigenvalue weighted by Crippen LogP contribution is 2.21. The summed E-state index contributed by atoms with van der Waals surface area (Å²) in [5.74, 6) is 2.13. The zero-order valence-corrected chi connectivity index (χ0v) is 12.1. The van der Waals surface area contributed by atoms with E-state index >= 15 is 0 Å². The summed E-state index contributed by atoms with van der Waals surface area (Å²) in [5.41, 5.74) is 1.89. The van der Waals surface area contributed by atoms with E-state index in [0.717, 1.165) is 35.7 Å². The van der Waals surface area contributed by atoms with Crippen LogP contribution in [-0.4, -0.2) is 6.54 Å². The van der Waals surface area contributed by atoms with Gasteiger partial charge in [0.2, 0.25) is 0 Å². The van der Waals surface area contributed by atoms with Crippen LogP contribution in [0.1, 0.15) is 29.6 Å². The van der Waals surface area contributed by atoms with Gasteiger partial charge in [0.1, 0.15) is 29.7 Å². The van der Waals surface area contributed by atoms with Crippen molar-refractivity contribution in [3.05, 3.63) is 52.7 Å². The molecule has 108 valence electrons. The van der Waals surface area contributed by atoms with Crippen molar-refractivity contribution >= 4 is 0 Å². The van der Waals surface area contributed by atoms with Gasteiger partial charge in [-0.1, -0.05) is 6.92 Å². The van der Waals surface area contributed by atoms with Gasteiger partial charge >= 0.3 is 0 Å². The standard InChI is InChI=1S/C16H20FNO2/c1-4-18-9-16-12(3)8-14(20-16)10-19-15-6-5-13(17)7-11(15)2/h5-8,18H,4,9-10H2,1-3H3. The number of nitrogens with one attached hydrogen (secondary N) is 1. The molecular formula is C16H20FNO2. The van der Waals surface area contributed by atoms with Gasteiger partial charge in [0, 0.05) is 0 Å². The average Bonchev–Trinajstić information content (AvgIpc) is 2.76. The van der Waals surface area contributed by atoms with E-state index in [2.05, 4.69) is 12.2 Å². The highest BCUT2D eigenvalue weighted by atomic mass is 19.1. The van der Waals surface area contributed by atoms with Crippen LogP contribution >= 0.6 is 0 Å². The SMILES string of the molecule is CCNCc1oc(COc2ccc(F)cc2C)cc1C. The van der Waals surface area contributed by atoms with Crippen molar-refractivity contribution in [2.45, 2.75) is 33.9 Å². The second-order valence-electron chi connectivity index (χ2n) is 4.80. The fourth-order valence-electron chi connectivity index (χ4n) is 2.00. The number of hydrogen-bond acceptors (Lipinski definition) is 3. The Hall–Kier alpha value is -1.81. The van der Waals surface area contributed by atoms with Crippen LogP contribution in [-0.2, 0) is 13.2 Å². The van der Waals surface area contributed by atoms with Crippen LogP contribution in [0.15, 0.2) is 28.7 Å². The minimum Gasteiger partial charge on any atom is -0.485 e. The molecule has 0 aliphatic heterocycles. The third-order valence-corrected chi connectivity index (χ3v) is 3.11. The second-order valence-corrected chi connectivity index (χ2v) is 4.80. The quantitative estimate of drug-likeness (QED) is 0.873. The van der Waals surface area contributed by atoms with E-state index in [1.807, 2.05) is 19.9 Å². The number of benzene rings is 1. The van der Waals surface area contributed by atoms with Crippen molar-refractivity contribution in [3.63, 3.8) is 0 Å². The number of aryl methyl sites for hydroxylation is 2. The molecule has 3 nitrogen and oxygen atoms in total. The first-order valence-corrected chi connectivity index (χ1v) is 6.78. The zero-order valence-electron chi connectivity index (χ0n) is 12.1. The van der Waals surface area contributed by atoms with Gasteiger partial charge in [0.15, 0.2) is 0 Å². The molecule has 0 saturated carbocycles. The molecule has 1 heterocycles. The predicted octanol–water partition coefficient (Wildman–Crippen LogP) is 3.72. The van der Waals surface area contributed by atoms with E-state index in [-0.39, 0.29) is 5.82 Å². The zero-order chi connectivity index (χ0) is 14.5. The average molecular weight is 277 g/mol. The molecule has 0 aliphatic carbocycles. The summed E-state index contributed by atoms with van der Waals surface area (Å²) in [6.45, 7) is 7.86. The Kier molecular flexibility index (Phi) is 4.79. The largest absolute Gasteiger partial charge is 0.485 e. The Morgan fingerprint density at radius 2 is 2.00 bits per heavy atom. The smallest absolute Gasteiger partial charge is 0.146 e. The fourth-order valence-corrected chi connectivity index (χ4v) is 2.00. The highest BCUT2D eigenvalue weighted by molar-refractivity contribution is 5.32. The summed E-state index contributed by atoms with van der Waals surface area (Å²) in [4.78, 5) is 0. The molecular weight excluding hydrogens is 257 g/mol. The minimum atomic E-state index is -0.253. The third kappa shape index (κ3) is 3.61. The molecule has 0 radical (unpaired) electrons. The van der Waals surface area contributed by atoms with Crippen molar-refractivity contribution in [1.82, 2.24) is 5.32 Å². The van der Waals surface area contributed by atoms with Crippen LogP contribution in [0.4, 0.5) is 4.39 Å². The van der Waals surface area contributed by atoms with Gasteiger partial charge in [-0.15, -0.1) is 0 Å². The third-order valence-electron chi connectivity index (χ3n) is 3.11. The van der Waals surface area contributed by atoms with E-state index in [0.29, 0.717) is 12.4 Å². The van der Waals surface area contributed by atoms with Crippen molar-refractivity contribution in [2.24, 2.45) is 0 Å². The maximum atomic E-state index is 13.0. The topological polar surface area (TPSA) is 34.4 Å². The second kappa shape index (κ2) is 6.57. The summed E-state index contributed by atoms with van der Waals surface area (Å²) >= 11 is 0. The molecule has 0 fully saturated rings. The molecule has 20 heavy (non-hydrogen) atoms. The number of furan rings is 1. The van der Waals surface area contributed by atoms with Crippen LogP contribution < -0.4 is 10.1 Å². The lowest BCUT2D eigenvalue weighted by Gasteiger charge is -2.07. The van der Waals surface area contributed by atoms with Crippen LogP contribution in [0.5, 0.6) is 5.75 Å². The summed E-state index contributed by atoms with van der Waals surface area (Å²) < 4.78 is 24.4. The maximum absolute atomic E-state index is 13.0.